The predicted molar refractivity (Wildman–Crippen MR) is 100 cm³/mol. The lowest BCUT2D eigenvalue weighted by atomic mass is 10.0. The van der Waals surface area contributed by atoms with E-state index in [2.05, 4.69) is 10.9 Å². The molecule has 3 rings (SSSR count). The van der Waals surface area contributed by atoms with Crippen molar-refractivity contribution in [2.24, 2.45) is 5.92 Å². The highest BCUT2D eigenvalue weighted by Crippen LogP contribution is 2.26. The molecule has 0 saturated carbocycles. The SMILES string of the molecule is CC(C)C[C@@H](C(=O)NNC(=O)c1cccs1)N1C(=O)c2ccccc2C1=O. The highest BCUT2D eigenvalue weighted by atomic mass is 32.1. The smallest absolute Gasteiger partial charge is 0.271 e. The molecule has 1 atom stereocenters. The lowest BCUT2D eigenvalue weighted by Crippen LogP contribution is -2.54. The molecule has 0 aliphatic carbocycles. The Labute approximate surface area is 160 Å². The number of fused-ring (bicyclic) bond motifs is 1. The maximum atomic E-state index is 12.7. The number of nitrogens with zero attached hydrogens (tertiary/aromatic N) is 1. The van der Waals surface area contributed by atoms with E-state index in [-0.39, 0.29) is 23.5 Å². The zero-order chi connectivity index (χ0) is 19.6. The summed E-state index contributed by atoms with van der Waals surface area (Å²) in [5, 5.41) is 1.75. The summed E-state index contributed by atoms with van der Waals surface area (Å²) in [6, 6.07) is 8.82. The Morgan fingerprint density at radius 3 is 2.15 bits per heavy atom. The van der Waals surface area contributed by atoms with Crippen LogP contribution in [-0.2, 0) is 4.79 Å². The molecule has 7 nitrogen and oxygen atoms in total. The fraction of sp³-hybridized carbons (Fsp3) is 0.263. The van der Waals surface area contributed by atoms with Crippen molar-refractivity contribution in [1.29, 1.82) is 0 Å². The average Bonchev–Trinajstić information content (AvgIpc) is 3.26. The number of nitrogens with one attached hydrogen (secondary N) is 2. The molecule has 0 spiro atoms. The van der Waals surface area contributed by atoms with Crippen LogP contribution < -0.4 is 10.9 Å². The van der Waals surface area contributed by atoms with E-state index < -0.39 is 29.7 Å². The predicted octanol–water partition coefficient (Wildman–Crippen LogP) is 2.22. The molecule has 0 saturated heterocycles. The molecular weight excluding hydrogens is 366 g/mol. The Kier molecular flexibility index (Phi) is 5.36. The number of benzene rings is 1. The topological polar surface area (TPSA) is 95.6 Å². The number of amides is 4. The van der Waals surface area contributed by atoms with E-state index in [1.807, 2.05) is 13.8 Å². The third-order valence-corrected chi connectivity index (χ3v) is 5.05. The number of carbonyl (C=O) groups excluding carboxylic acids is 4. The van der Waals surface area contributed by atoms with Gasteiger partial charge in [0.1, 0.15) is 6.04 Å². The first-order valence-electron chi connectivity index (χ1n) is 8.50. The molecule has 0 radical (unpaired) electrons. The van der Waals surface area contributed by atoms with Gasteiger partial charge in [-0.1, -0.05) is 32.0 Å². The van der Waals surface area contributed by atoms with Crippen LogP contribution in [-0.4, -0.2) is 34.6 Å². The van der Waals surface area contributed by atoms with E-state index >= 15 is 0 Å². The quantitative estimate of drug-likeness (QED) is 0.609. The maximum absolute atomic E-state index is 12.7. The second-order valence-corrected chi connectivity index (χ2v) is 7.54. The van der Waals surface area contributed by atoms with Crippen molar-refractivity contribution in [3.05, 3.63) is 57.8 Å². The normalized spacial score (nSPS) is 14.3. The van der Waals surface area contributed by atoms with Crippen LogP contribution in [0.3, 0.4) is 0 Å². The van der Waals surface area contributed by atoms with Gasteiger partial charge in [0.25, 0.3) is 23.6 Å². The number of carbonyl (C=O) groups is 4. The fourth-order valence-corrected chi connectivity index (χ4v) is 3.56. The van der Waals surface area contributed by atoms with Gasteiger partial charge in [0.05, 0.1) is 16.0 Å². The largest absolute Gasteiger partial charge is 0.279 e. The summed E-state index contributed by atoms with van der Waals surface area (Å²) in [4.78, 5) is 51.6. The lowest BCUT2D eigenvalue weighted by molar-refractivity contribution is -0.126. The molecule has 1 aliphatic heterocycles. The van der Waals surface area contributed by atoms with Gasteiger partial charge in [0, 0.05) is 0 Å². The molecule has 2 aromatic rings. The summed E-state index contributed by atoms with van der Waals surface area (Å²) in [5.74, 6) is -2.01. The zero-order valence-electron chi connectivity index (χ0n) is 14.9. The van der Waals surface area contributed by atoms with Gasteiger partial charge < -0.3 is 0 Å². The van der Waals surface area contributed by atoms with Gasteiger partial charge in [-0.25, -0.2) is 0 Å². The summed E-state index contributed by atoms with van der Waals surface area (Å²) in [6.07, 6.45) is 0.284. The molecule has 4 amide bonds. The van der Waals surface area contributed by atoms with E-state index in [0.29, 0.717) is 4.88 Å². The van der Waals surface area contributed by atoms with Gasteiger partial charge in [-0.05, 0) is 35.9 Å². The van der Waals surface area contributed by atoms with Crippen molar-refractivity contribution in [3.63, 3.8) is 0 Å². The van der Waals surface area contributed by atoms with Crippen molar-refractivity contribution in [3.8, 4) is 0 Å². The van der Waals surface area contributed by atoms with Crippen LogP contribution in [0.1, 0.15) is 50.7 Å². The van der Waals surface area contributed by atoms with Crippen LogP contribution in [0.5, 0.6) is 0 Å². The molecule has 140 valence electrons. The highest BCUT2D eigenvalue weighted by molar-refractivity contribution is 7.12. The summed E-state index contributed by atoms with van der Waals surface area (Å²) in [7, 11) is 0. The molecule has 1 aromatic carbocycles. The third-order valence-electron chi connectivity index (χ3n) is 4.18. The summed E-state index contributed by atoms with van der Waals surface area (Å²) in [6.45, 7) is 3.78. The molecule has 27 heavy (non-hydrogen) atoms. The van der Waals surface area contributed by atoms with Gasteiger partial charge in [0.2, 0.25) is 0 Å². The standard InChI is InChI=1S/C19H19N3O4S/c1-11(2)10-14(16(23)20-21-17(24)15-8-5-9-27-15)22-18(25)12-6-3-4-7-13(12)19(22)26/h3-9,11,14H,10H2,1-2H3,(H,20,23)(H,21,24)/t14-/m0/s1. The van der Waals surface area contributed by atoms with Crippen LogP contribution in [0.15, 0.2) is 41.8 Å². The maximum Gasteiger partial charge on any atom is 0.279 e. The van der Waals surface area contributed by atoms with Crippen LogP contribution in [0.4, 0.5) is 0 Å². The third kappa shape index (κ3) is 3.75. The minimum atomic E-state index is -1.01. The van der Waals surface area contributed by atoms with Crippen molar-refractivity contribution in [1.82, 2.24) is 15.8 Å². The first-order valence-corrected chi connectivity index (χ1v) is 9.38. The molecule has 0 unspecified atom stereocenters. The van der Waals surface area contributed by atoms with Crippen molar-refractivity contribution < 1.29 is 19.2 Å². The second kappa shape index (κ2) is 7.71. The fourth-order valence-electron chi connectivity index (χ4n) is 2.94. The molecular formula is C19H19N3O4S. The van der Waals surface area contributed by atoms with E-state index in [4.69, 9.17) is 0 Å². The number of hydrazine groups is 1. The Balaban J connectivity index is 1.78. The molecule has 0 bridgehead atoms. The van der Waals surface area contributed by atoms with Crippen molar-refractivity contribution in [2.45, 2.75) is 26.3 Å². The minimum Gasteiger partial charge on any atom is -0.271 e. The molecule has 1 aliphatic rings. The van der Waals surface area contributed by atoms with Gasteiger partial charge in [0.15, 0.2) is 0 Å². The highest BCUT2D eigenvalue weighted by Gasteiger charge is 2.42. The first kappa shape index (κ1) is 18.8. The van der Waals surface area contributed by atoms with Crippen LogP contribution in [0, 0.1) is 5.92 Å². The molecule has 2 N–H and O–H groups in total. The van der Waals surface area contributed by atoms with Crippen molar-refractivity contribution in [2.75, 3.05) is 0 Å². The Morgan fingerprint density at radius 2 is 1.63 bits per heavy atom. The first-order chi connectivity index (χ1) is 12.9. The number of thiophene rings is 1. The summed E-state index contributed by atoms with van der Waals surface area (Å²) >= 11 is 1.24. The van der Waals surface area contributed by atoms with Gasteiger partial charge in [-0.2, -0.15) is 0 Å². The van der Waals surface area contributed by atoms with E-state index in [0.717, 1.165) is 4.90 Å². The minimum absolute atomic E-state index is 0.0538. The number of hydrogen-bond donors (Lipinski definition) is 2. The van der Waals surface area contributed by atoms with Crippen molar-refractivity contribution >= 4 is 35.0 Å². The van der Waals surface area contributed by atoms with E-state index in [1.54, 1.807) is 41.8 Å². The Morgan fingerprint density at radius 1 is 1.00 bits per heavy atom. The van der Waals surface area contributed by atoms with Crippen LogP contribution in [0.2, 0.25) is 0 Å². The number of hydrogen-bond acceptors (Lipinski definition) is 5. The monoisotopic (exact) mass is 385 g/mol. The number of rotatable bonds is 5. The van der Waals surface area contributed by atoms with E-state index in [1.165, 1.54) is 11.3 Å². The Bertz CT molecular complexity index is 857. The molecule has 2 heterocycles. The zero-order valence-corrected chi connectivity index (χ0v) is 15.7. The molecule has 8 heteroatoms. The second-order valence-electron chi connectivity index (χ2n) is 6.59. The van der Waals surface area contributed by atoms with Gasteiger partial charge >= 0.3 is 0 Å². The van der Waals surface area contributed by atoms with Gasteiger partial charge in [-0.15, -0.1) is 11.3 Å². The van der Waals surface area contributed by atoms with E-state index in [9.17, 15) is 19.2 Å². The molecule has 0 fully saturated rings. The van der Waals surface area contributed by atoms with Gasteiger partial charge in [-0.3, -0.25) is 34.9 Å². The summed E-state index contributed by atoms with van der Waals surface area (Å²) < 4.78 is 0. The van der Waals surface area contributed by atoms with Crippen LogP contribution in [0.25, 0.3) is 0 Å². The number of imide groups is 1. The lowest BCUT2D eigenvalue weighted by Gasteiger charge is -2.26. The average molecular weight is 385 g/mol. The summed E-state index contributed by atoms with van der Waals surface area (Å²) in [5.41, 5.74) is 5.25. The molecule has 1 aromatic heterocycles. The Hall–Kier alpha value is -3.00. The van der Waals surface area contributed by atoms with Crippen LogP contribution >= 0.6 is 11.3 Å².